The fourth-order valence-electron chi connectivity index (χ4n) is 2.12. The summed E-state index contributed by atoms with van der Waals surface area (Å²) in [6, 6.07) is 10.0. The summed E-state index contributed by atoms with van der Waals surface area (Å²) in [5.74, 6) is -1.17. The van der Waals surface area contributed by atoms with Crippen molar-refractivity contribution >= 4 is 23.2 Å². The Morgan fingerprint density at radius 2 is 1.83 bits per heavy atom. The van der Waals surface area contributed by atoms with Crippen molar-refractivity contribution < 1.29 is 9.59 Å². The maximum atomic E-state index is 11.6. The van der Waals surface area contributed by atoms with Crippen LogP contribution in [0.2, 0.25) is 0 Å². The molecule has 114 valence electrons. The van der Waals surface area contributed by atoms with Gasteiger partial charge in [-0.2, -0.15) is 0 Å². The van der Waals surface area contributed by atoms with Gasteiger partial charge in [-0.25, -0.2) is 4.98 Å². The Morgan fingerprint density at radius 1 is 1.00 bits per heavy atom. The Balaban J connectivity index is 2.11. The fourth-order valence-corrected chi connectivity index (χ4v) is 2.96. The van der Waals surface area contributed by atoms with E-state index in [1.807, 2.05) is 23.6 Å². The Kier molecular flexibility index (Phi) is 3.86. The zero-order chi connectivity index (χ0) is 16.4. The third kappa shape index (κ3) is 2.95. The molecule has 0 radical (unpaired) electrons. The molecule has 0 unspecified atom stereocenters. The van der Waals surface area contributed by atoms with Gasteiger partial charge in [-0.05, 0) is 30.3 Å². The van der Waals surface area contributed by atoms with Crippen molar-refractivity contribution in [3.8, 4) is 22.0 Å². The molecule has 7 heteroatoms. The molecule has 6 nitrogen and oxygen atoms in total. The number of benzene rings is 1. The number of thiazole rings is 1. The fraction of sp³-hybridized carbons (Fsp3) is 0. The number of hydrogen-bond donors (Lipinski definition) is 2. The Morgan fingerprint density at radius 3 is 2.48 bits per heavy atom. The minimum atomic E-state index is -0.592. The van der Waals surface area contributed by atoms with Gasteiger partial charge in [-0.1, -0.05) is 6.07 Å². The third-order valence-electron chi connectivity index (χ3n) is 3.23. The van der Waals surface area contributed by atoms with Crippen molar-refractivity contribution in [2.24, 2.45) is 11.5 Å². The average molecular weight is 324 g/mol. The number of hydrogen-bond acceptors (Lipinski definition) is 5. The first-order chi connectivity index (χ1) is 11.1. The Labute approximate surface area is 135 Å². The van der Waals surface area contributed by atoms with Gasteiger partial charge in [0.15, 0.2) is 0 Å². The quantitative estimate of drug-likeness (QED) is 0.765. The molecule has 0 saturated carbocycles. The van der Waals surface area contributed by atoms with Crippen LogP contribution in [0.3, 0.4) is 0 Å². The summed E-state index contributed by atoms with van der Waals surface area (Å²) in [4.78, 5) is 31.7. The van der Waals surface area contributed by atoms with E-state index in [-0.39, 0.29) is 5.56 Å². The highest BCUT2D eigenvalue weighted by Gasteiger charge is 2.16. The van der Waals surface area contributed by atoms with Crippen molar-refractivity contribution in [3.05, 3.63) is 59.1 Å². The van der Waals surface area contributed by atoms with E-state index in [1.54, 1.807) is 6.20 Å². The lowest BCUT2D eigenvalue weighted by molar-refractivity contribution is 0.0989. The van der Waals surface area contributed by atoms with Gasteiger partial charge >= 0.3 is 0 Å². The number of aromatic nitrogens is 2. The van der Waals surface area contributed by atoms with Crippen molar-refractivity contribution in [3.63, 3.8) is 0 Å². The first-order valence-electron chi connectivity index (χ1n) is 6.67. The van der Waals surface area contributed by atoms with Crippen LogP contribution < -0.4 is 11.5 Å². The zero-order valence-electron chi connectivity index (χ0n) is 11.9. The van der Waals surface area contributed by atoms with E-state index < -0.39 is 11.8 Å². The van der Waals surface area contributed by atoms with Gasteiger partial charge in [0.2, 0.25) is 11.8 Å². The zero-order valence-corrected chi connectivity index (χ0v) is 12.7. The molecule has 2 amide bonds. The molecular weight excluding hydrogens is 312 g/mol. The number of rotatable bonds is 4. The molecule has 0 fully saturated rings. The van der Waals surface area contributed by atoms with Gasteiger partial charge in [0.1, 0.15) is 10.7 Å². The largest absolute Gasteiger partial charge is 0.366 e. The summed E-state index contributed by atoms with van der Waals surface area (Å²) < 4.78 is 0. The topological polar surface area (TPSA) is 112 Å². The van der Waals surface area contributed by atoms with Crippen molar-refractivity contribution in [2.45, 2.75) is 0 Å². The van der Waals surface area contributed by atoms with E-state index >= 15 is 0 Å². The molecule has 23 heavy (non-hydrogen) atoms. The van der Waals surface area contributed by atoms with Crippen molar-refractivity contribution in [1.29, 1.82) is 0 Å². The van der Waals surface area contributed by atoms with Crippen molar-refractivity contribution in [2.75, 3.05) is 0 Å². The van der Waals surface area contributed by atoms with Gasteiger partial charge < -0.3 is 11.5 Å². The maximum Gasteiger partial charge on any atom is 0.249 e. The number of amides is 2. The molecule has 3 rings (SSSR count). The van der Waals surface area contributed by atoms with E-state index in [1.165, 1.54) is 29.5 Å². The summed E-state index contributed by atoms with van der Waals surface area (Å²) in [7, 11) is 0. The maximum absolute atomic E-state index is 11.6. The summed E-state index contributed by atoms with van der Waals surface area (Å²) in [5, 5.41) is 2.40. The normalized spacial score (nSPS) is 10.4. The monoisotopic (exact) mass is 324 g/mol. The predicted octanol–water partition coefficient (Wildman–Crippen LogP) is 2.07. The molecule has 3 aromatic rings. The number of nitrogens with two attached hydrogens (primary N) is 2. The van der Waals surface area contributed by atoms with Gasteiger partial charge in [-0.3, -0.25) is 14.6 Å². The van der Waals surface area contributed by atoms with E-state index in [9.17, 15) is 9.59 Å². The lowest BCUT2D eigenvalue weighted by Gasteiger charge is -2.05. The highest BCUT2D eigenvalue weighted by atomic mass is 32.1. The number of pyridine rings is 1. The second-order valence-electron chi connectivity index (χ2n) is 4.74. The predicted molar refractivity (Wildman–Crippen MR) is 87.8 cm³/mol. The first-order valence-corrected chi connectivity index (χ1v) is 7.55. The highest BCUT2D eigenvalue weighted by Crippen LogP contribution is 2.31. The standard InChI is InChI=1S/C16H12N4O2S/c17-14(21)9-4-5-10(15(18)22)11(7-9)16-20-13(8-23-16)12-3-1-2-6-19-12/h1-8H,(H2,17,21)(H2,18,22). The lowest BCUT2D eigenvalue weighted by Crippen LogP contribution is -2.15. The van der Waals surface area contributed by atoms with E-state index in [0.29, 0.717) is 21.8 Å². The minimum Gasteiger partial charge on any atom is -0.366 e. The van der Waals surface area contributed by atoms with E-state index in [0.717, 1.165) is 5.69 Å². The highest BCUT2D eigenvalue weighted by molar-refractivity contribution is 7.13. The molecule has 0 aliphatic carbocycles. The van der Waals surface area contributed by atoms with Crippen LogP contribution in [0.4, 0.5) is 0 Å². The van der Waals surface area contributed by atoms with Gasteiger partial charge in [0, 0.05) is 28.3 Å². The number of nitrogens with zero attached hydrogens (tertiary/aromatic N) is 2. The molecule has 2 heterocycles. The second-order valence-corrected chi connectivity index (χ2v) is 5.60. The van der Waals surface area contributed by atoms with Crippen LogP contribution in [0.25, 0.3) is 22.0 Å². The SMILES string of the molecule is NC(=O)c1ccc(C(N)=O)c(-c2nc(-c3ccccn3)cs2)c1. The number of carbonyl (C=O) groups excluding carboxylic acids is 2. The van der Waals surface area contributed by atoms with Crippen LogP contribution in [-0.2, 0) is 0 Å². The summed E-state index contributed by atoms with van der Waals surface area (Å²) in [6.45, 7) is 0. The van der Waals surface area contributed by atoms with Crippen LogP contribution >= 0.6 is 11.3 Å². The molecular formula is C16H12N4O2S. The molecule has 2 aromatic heterocycles. The number of carbonyl (C=O) groups is 2. The summed E-state index contributed by atoms with van der Waals surface area (Å²) in [6.07, 6.45) is 1.68. The smallest absolute Gasteiger partial charge is 0.249 e. The van der Waals surface area contributed by atoms with Gasteiger partial charge in [0.25, 0.3) is 0 Å². The molecule has 0 spiro atoms. The molecule has 0 bridgehead atoms. The van der Waals surface area contributed by atoms with E-state index in [2.05, 4.69) is 9.97 Å². The molecule has 0 saturated heterocycles. The molecule has 0 atom stereocenters. The van der Waals surface area contributed by atoms with Gasteiger partial charge in [-0.15, -0.1) is 11.3 Å². The minimum absolute atomic E-state index is 0.289. The van der Waals surface area contributed by atoms with Crippen LogP contribution in [-0.4, -0.2) is 21.8 Å². The summed E-state index contributed by atoms with van der Waals surface area (Å²) in [5.41, 5.74) is 13.2. The van der Waals surface area contributed by atoms with Crippen LogP contribution in [0, 0.1) is 0 Å². The molecule has 4 N–H and O–H groups in total. The van der Waals surface area contributed by atoms with Crippen LogP contribution in [0.5, 0.6) is 0 Å². The Hall–Kier alpha value is -3.06. The van der Waals surface area contributed by atoms with Crippen molar-refractivity contribution in [1.82, 2.24) is 9.97 Å². The second kappa shape index (κ2) is 5.98. The molecule has 0 aliphatic heterocycles. The first kappa shape index (κ1) is 14.9. The number of primary amides is 2. The van der Waals surface area contributed by atoms with Crippen LogP contribution in [0.1, 0.15) is 20.7 Å². The lowest BCUT2D eigenvalue weighted by atomic mass is 10.0. The molecule has 1 aromatic carbocycles. The average Bonchev–Trinajstić information content (AvgIpc) is 3.05. The Bertz CT molecular complexity index is 890. The molecule has 0 aliphatic rings. The van der Waals surface area contributed by atoms with Gasteiger partial charge in [0.05, 0.1) is 5.69 Å². The van der Waals surface area contributed by atoms with E-state index in [4.69, 9.17) is 11.5 Å². The third-order valence-corrected chi connectivity index (χ3v) is 4.11. The van der Waals surface area contributed by atoms with Crippen LogP contribution in [0.15, 0.2) is 48.0 Å². The summed E-state index contributed by atoms with van der Waals surface area (Å²) >= 11 is 1.34.